The quantitative estimate of drug-likeness (QED) is 0.865. The summed E-state index contributed by atoms with van der Waals surface area (Å²) in [7, 11) is 0. The van der Waals surface area contributed by atoms with Crippen molar-refractivity contribution in [2.75, 3.05) is 6.54 Å². The van der Waals surface area contributed by atoms with Gasteiger partial charge in [0.25, 0.3) is 0 Å². The van der Waals surface area contributed by atoms with E-state index in [4.69, 9.17) is 5.73 Å². The molecule has 1 rings (SSSR count). The second kappa shape index (κ2) is 6.06. The van der Waals surface area contributed by atoms with Crippen LogP contribution in [0.3, 0.4) is 0 Å². The largest absolute Gasteiger partial charge is 0.416 e. The summed E-state index contributed by atoms with van der Waals surface area (Å²) in [5.41, 5.74) is 4.56. The van der Waals surface area contributed by atoms with Crippen molar-refractivity contribution in [1.82, 2.24) is 5.32 Å². The number of rotatable bonds is 5. The maximum atomic E-state index is 12.9. The third-order valence-electron chi connectivity index (χ3n) is 3.11. The van der Waals surface area contributed by atoms with Gasteiger partial charge in [0.15, 0.2) is 0 Å². The molecule has 0 aliphatic heterocycles. The first-order chi connectivity index (χ1) is 8.73. The molecule has 0 saturated carbocycles. The van der Waals surface area contributed by atoms with E-state index in [0.717, 1.165) is 6.07 Å². The highest BCUT2D eigenvalue weighted by atomic mass is 19.4. The van der Waals surface area contributed by atoms with Crippen LogP contribution in [0, 0.1) is 0 Å². The van der Waals surface area contributed by atoms with Crippen LogP contribution in [0.1, 0.15) is 30.9 Å². The molecule has 0 aliphatic carbocycles. The van der Waals surface area contributed by atoms with E-state index in [2.05, 4.69) is 5.32 Å². The average Bonchev–Trinajstić information content (AvgIpc) is 2.34. The minimum Gasteiger partial charge on any atom is -0.369 e. The topological polar surface area (TPSA) is 55.1 Å². The minimum absolute atomic E-state index is 0.0559. The summed E-state index contributed by atoms with van der Waals surface area (Å²) < 4.78 is 38.7. The normalized spacial score (nSPS) is 15.0. The molecule has 1 aromatic carbocycles. The third kappa shape index (κ3) is 4.24. The van der Waals surface area contributed by atoms with E-state index < -0.39 is 23.6 Å². The molecular weight excluding hydrogens is 257 g/mol. The molecule has 1 amide bonds. The summed E-state index contributed by atoms with van der Waals surface area (Å²) in [6, 6.07) is 5.15. The van der Waals surface area contributed by atoms with Crippen molar-refractivity contribution in [3.05, 3.63) is 35.4 Å². The molecule has 0 heterocycles. The zero-order chi connectivity index (χ0) is 14.6. The lowest BCUT2D eigenvalue weighted by molar-refractivity contribution is -0.138. The molecule has 0 unspecified atom stereocenters. The summed E-state index contributed by atoms with van der Waals surface area (Å²) in [5, 5.41) is 2.82. The number of hydrogen-bond donors (Lipinski definition) is 2. The number of amides is 1. The second-order valence-electron chi connectivity index (χ2n) is 4.51. The number of hydrogen-bond acceptors (Lipinski definition) is 2. The Balaban J connectivity index is 2.93. The fraction of sp³-hybridized carbons (Fsp3) is 0.462. The van der Waals surface area contributed by atoms with Gasteiger partial charge in [-0.15, -0.1) is 0 Å². The number of alkyl halides is 3. The number of benzene rings is 1. The second-order valence-corrected chi connectivity index (χ2v) is 4.51. The van der Waals surface area contributed by atoms with Gasteiger partial charge in [0.2, 0.25) is 5.91 Å². The predicted molar refractivity (Wildman–Crippen MR) is 66.5 cm³/mol. The Morgan fingerprint density at radius 1 is 1.32 bits per heavy atom. The molecule has 0 radical (unpaired) electrons. The highest BCUT2D eigenvalue weighted by molar-refractivity contribution is 5.75. The van der Waals surface area contributed by atoms with Crippen molar-refractivity contribution in [2.45, 2.75) is 32.0 Å². The molecule has 0 bridgehead atoms. The fourth-order valence-corrected chi connectivity index (χ4v) is 1.86. The Bertz CT molecular complexity index is 446. The molecule has 1 aromatic rings. The van der Waals surface area contributed by atoms with Crippen molar-refractivity contribution in [2.24, 2.45) is 5.73 Å². The van der Waals surface area contributed by atoms with Crippen molar-refractivity contribution >= 4 is 5.91 Å². The molecule has 2 atom stereocenters. The smallest absolute Gasteiger partial charge is 0.369 e. The van der Waals surface area contributed by atoms with Gasteiger partial charge in [-0.1, -0.05) is 25.1 Å². The third-order valence-corrected chi connectivity index (χ3v) is 3.11. The Kier molecular flexibility index (Phi) is 4.94. The molecule has 6 heteroatoms. The van der Waals surface area contributed by atoms with Gasteiger partial charge in [0, 0.05) is 6.04 Å². The number of primary amides is 1. The number of halogens is 3. The molecule has 3 nitrogen and oxygen atoms in total. The number of carbonyl (C=O) groups excluding carboxylic acids is 1. The van der Waals surface area contributed by atoms with Crippen molar-refractivity contribution in [1.29, 1.82) is 0 Å². The van der Waals surface area contributed by atoms with Gasteiger partial charge in [-0.3, -0.25) is 4.79 Å². The summed E-state index contributed by atoms with van der Waals surface area (Å²) in [4.78, 5) is 10.7. The first kappa shape index (κ1) is 15.5. The van der Waals surface area contributed by atoms with Crippen LogP contribution in [0.5, 0.6) is 0 Å². The van der Waals surface area contributed by atoms with E-state index in [9.17, 15) is 18.0 Å². The van der Waals surface area contributed by atoms with E-state index in [0.29, 0.717) is 0 Å². The molecule has 0 aliphatic rings. The van der Waals surface area contributed by atoms with Gasteiger partial charge in [-0.25, -0.2) is 0 Å². The summed E-state index contributed by atoms with van der Waals surface area (Å²) in [6.45, 7) is 3.35. The van der Waals surface area contributed by atoms with Crippen LogP contribution < -0.4 is 11.1 Å². The molecule has 0 aromatic heterocycles. The first-order valence-electron chi connectivity index (χ1n) is 5.91. The monoisotopic (exact) mass is 274 g/mol. The average molecular weight is 274 g/mol. The van der Waals surface area contributed by atoms with Crippen LogP contribution in [0.4, 0.5) is 13.2 Å². The molecule has 19 heavy (non-hydrogen) atoms. The lowest BCUT2D eigenvalue weighted by Gasteiger charge is -2.24. The van der Waals surface area contributed by atoms with Crippen molar-refractivity contribution < 1.29 is 18.0 Å². The molecule has 0 spiro atoms. The lowest BCUT2D eigenvalue weighted by Crippen LogP contribution is -2.38. The SMILES string of the molecule is C[C@H](c1ccccc1C(F)(F)F)[C@@H](C)NCC(N)=O. The van der Waals surface area contributed by atoms with Gasteiger partial charge in [0.05, 0.1) is 12.1 Å². The van der Waals surface area contributed by atoms with Gasteiger partial charge in [-0.05, 0) is 24.5 Å². The minimum atomic E-state index is -4.38. The molecule has 3 N–H and O–H groups in total. The Morgan fingerprint density at radius 3 is 2.42 bits per heavy atom. The van der Waals surface area contributed by atoms with Gasteiger partial charge < -0.3 is 11.1 Å². The number of nitrogens with one attached hydrogen (secondary N) is 1. The maximum absolute atomic E-state index is 12.9. The number of carbonyl (C=O) groups is 1. The van der Waals surface area contributed by atoms with Gasteiger partial charge >= 0.3 is 6.18 Å². The Labute approximate surface area is 110 Å². The molecular formula is C13H17F3N2O. The van der Waals surface area contributed by atoms with Crippen LogP contribution in [0.15, 0.2) is 24.3 Å². The van der Waals surface area contributed by atoms with Crippen LogP contribution >= 0.6 is 0 Å². The van der Waals surface area contributed by atoms with Crippen LogP contribution in [0.2, 0.25) is 0 Å². The van der Waals surface area contributed by atoms with E-state index in [1.807, 2.05) is 0 Å². The van der Waals surface area contributed by atoms with E-state index >= 15 is 0 Å². The molecule has 0 fully saturated rings. The summed E-state index contributed by atoms with van der Waals surface area (Å²) >= 11 is 0. The Hall–Kier alpha value is -1.56. The summed E-state index contributed by atoms with van der Waals surface area (Å²) in [6.07, 6.45) is -4.38. The lowest BCUT2D eigenvalue weighted by atomic mass is 9.90. The van der Waals surface area contributed by atoms with Crippen LogP contribution in [-0.2, 0) is 11.0 Å². The zero-order valence-corrected chi connectivity index (χ0v) is 10.8. The van der Waals surface area contributed by atoms with Gasteiger partial charge in [0.1, 0.15) is 0 Å². The highest BCUT2D eigenvalue weighted by Gasteiger charge is 2.34. The summed E-state index contributed by atoms with van der Waals surface area (Å²) in [5.74, 6) is -0.930. The van der Waals surface area contributed by atoms with Crippen molar-refractivity contribution in [3.63, 3.8) is 0 Å². The molecule has 0 saturated heterocycles. The Morgan fingerprint density at radius 2 is 1.89 bits per heavy atom. The zero-order valence-electron chi connectivity index (χ0n) is 10.8. The highest BCUT2D eigenvalue weighted by Crippen LogP contribution is 2.35. The van der Waals surface area contributed by atoms with E-state index in [1.54, 1.807) is 19.9 Å². The maximum Gasteiger partial charge on any atom is 0.416 e. The first-order valence-corrected chi connectivity index (χ1v) is 5.91. The fourth-order valence-electron chi connectivity index (χ4n) is 1.86. The standard InChI is InChI=1S/C13H17F3N2O/c1-8(9(2)18-7-12(17)19)10-5-3-4-6-11(10)13(14,15)16/h3-6,8-9,18H,7H2,1-2H3,(H2,17,19)/t8-,9+/m0/s1. The van der Waals surface area contributed by atoms with Crippen LogP contribution in [-0.4, -0.2) is 18.5 Å². The van der Waals surface area contributed by atoms with E-state index in [-0.39, 0.29) is 18.2 Å². The van der Waals surface area contributed by atoms with Crippen LogP contribution in [0.25, 0.3) is 0 Å². The van der Waals surface area contributed by atoms with Gasteiger partial charge in [-0.2, -0.15) is 13.2 Å². The van der Waals surface area contributed by atoms with E-state index in [1.165, 1.54) is 12.1 Å². The number of nitrogens with two attached hydrogens (primary N) is 1. The van der Waals surface area contributed by atoms with Crippen molar-refractivity contribution in [3.8, 4) is 0 Å². The predicted octanol–water partition coefficient (Wildman–Crippen LogP) is 2.27. The molecule has 106 valence electrons.